The number of carbonyl (C=O) groups excluding carboxylic acids is 3. The number of β-amino-alcohol motifs (C(OH)–C–C–N with tert-alkyl or cyclic N) is 1. The standard InChI is InChI=1S/C19H23N5O7/c1-2-31-19(28)22-7-5-21(6-8-22)13-3-4-16(24(29)30)14(11-13)20-15-12-17(26)23(9-10-25)18(15)27/h3-4,11-12,20,25H,2,5-10H2,1H3. The molecule has 2 heterocycles. The van der Waals surface area contributed by atoms with Gasteiger partial charge in [0.05, 0.1) is 24.7 Å². The van der Waals surface area contributed by atoms with Gasteiger partial charge in [-0.3, -0.25) is 24.6 Å². The molecule has 3 amide bonds. The first-order valence-electron chi connectivity index (χ1n) is 9.76. The zero-order valence-electron chi connectivity index (χ0n) is 16.9. The van der Waals surface area contributed by atoms with Crippen LogP contribution in [0.5, 0.6) is 0 Å². The summed E-state index contributed by atoms with van der Waals surface area (Å²) in [5.74, 6) is -1.27. The Balaban J connectivity index is 1.77. The van der Waals surface area contributed by atoms with E-state index in [0.29, 0.717) is 38.5 Å². The number of aliphatic hydroxyl groups is 1. The molecule has 2 N–H and O–H groups in total. The van der Waals surface area contributed by atoms with Crippen molar-refractivity contribution in [2.75, 3.05) is 56.2 Å². The zero-order chi connectivity index (χ0) is 22.5. The van der Waals surface area contributed by atoms with Crippen LogP contribution < -0.4 is 10.2 Å². The molecule has 12 heteroatoms. The van der Waals surface area contributed by atoms with Gasteiger partial charge in [0.1, 0.15) is 11.4 Å². The van der Waals surface area contributed by atoms with E-state index in [2.05, 4.69) is 5.32 Å². The van der Waals surface area contributed by atoms with Gasteiger partial charge >= 0.3 is 6.09 Å². The Labute approximate surface area is 177 Å². The minimum atomic E-state index is -0.665. The molecule has 0 aliphatic carbocycles. The summed E-state index contributed by atoms with van der Waals surface area (Å²) >= 11 is 0. The van der Waals surface area contributed by atoms with Crippen molar-refractivity contribution in [3.8, 4) is 0 Å². The Morgan fingerprint density at radius 2 is 1.97 bits per heavy atom. The number of carbonyl (C=O) groups is 3. The minimum absolute atomic E-state index is 0.0635. The van der Waals surface area contributed by atoms with Gasteiger partial charge in [-0.2, -0.15) is 0 Å². The zero-order valence-corrected chi connectivity index (χ0v) is 16.9. The van der Waals surface area contributed by atoms with Crippen LogP contribution in [0.25, 0.3) is 0 Å². The lowest BCUT2D eigenvalue weighted by molar-refractivity contribution is -0.383. The normalized spacial score (nSPS) is 16.5. The van der Waals surface area contributed by atoms with E-state index >= 15 is 0 Å². The third-order valence-corrected chi connectivity index (χ3v) is 4.95. The number of rotatable bonds is 7. The molecule has 12 nitrogen and oxygen atoms in total. The Morgan fingerprint density at radius 3 is 2.58 bits per heavy atom. The number of nitrogens with zero attached hydrogens (tertiary/aromatic N) is 4. The predicted octanol–water partition coefficient (Wildman–Crippen LogP) is 0.530. The Bertz CT molecular complexity index is 924. The van der Waals surface area contributed by atoms with E-state index in [9.17, 15) is 24.5 Å². The number of benzene rings is 1. The summed E-state index contributed by atoms with van der Waals surface area (Å²) < 4.78 is 5.00. The monoisotopic (exact) mass is 433 g/mol. The molecule has 0 spiro atoms. The fourth-order valence-electron chi connectivity index (χ4n) is 3.40. The van der Waals surface area contributed by atoms with E-state index in [1.165, 1.54) is 12.1 Å². The highest BCUT2D eigenvalue weighted by atomic mass is 16.6. The van der Waals surface area contributed by atoms with Crippen molar-refractivity contribution in [3.63, 3.8) is 0 Å². The fourth-order valence-corrected chi connectivity index (χ4v) is 3.40. The molecule has 1 saturated heterocycles. The van der Waals surface area contributed by atoms with Crippen LogP contribution in [0.4, 0.5) is 21.9 Å². The van der Waals surface area contributed by atoms with Crippen molar-refractivity contribution < 1.29 is 29.2 Å². The van der Waals surface area contributed by atoms with Gasteiger partial charge in [-0.15, -0.1) is 0 Å². The Kier molecular flexibility index (Phi) is 6.70. The molecule has 31 heavy (non-hydrogen) atoms. The van der Waals surface area contributed by atoms with E-state index in [4.69, 9.17) is 9.84 Å². The van der Waals surface area contributed by atoms with Gasteiger partial charge in [0.25, 0.3) is 17.5 Å². The molecule has 0 bridgehead atoms. The number of piperazine rings is 1. The number of nitro benzene ring substituents is 1. The van der Waals surface area contributed by atoms with Gasteiger partial charge in [0.2, 0.25) is 0 Å². The molecule has 0 saturated carbocycles. The summed E-state index contributed by atoms with van der Waals surface area (Å²) in [6, 6.07) is 4.45. The first-order chi connectivity index (χ1) is 14.8. The van der Waals surface area contributed by atoms with Gasteiger partial charge in [0.15, 0.2) is 0 Å². The van der Waals surface area contributed by atoms with Crippen molar-refractivity contribution in [1.29, 1.82) is 0 Å². The van der Waals surface area contributed by atoms with Gasteiger partial charge in [-0.05, 0) is 19.1 Å². The molecule has 1 fully saturated rings. The topological polar surface area (TPSA) is 146 Å². The number of anilines is 2. The number of ether oxygens (including phenoxy) is 1. The minimum Gasteiger partial charge on any atom is -0.450 e. The van der Waals surface area contributed by atoms with Crippen LogP contribution in [-0.2, 0) is 14.3 Å². The molecular formula is C19H23N5O7. The maximum Gasteiger partial charge on any atom is 0.409 e. The molecule has 2 aliphatic rings. The average molecular weight is 433 g/mol. The van der Waals surface area contributed by atoms with Crippen LogP contribution in [0.1, 0.15) is 6.92 Å². The number of hydrogen-bond donors (Lipinski definition) is 2. The average Bonchev–Trinajstić information content (AvgIpc) is 3.01. The van der Waals surface area contributed by atoms with E-state index in [-0.39, 0.29) is 36.3 Å². The lowest BCUT2D eigenvalue weighted by Crippen LogP contribution is -2.49. The third kappa shape index (κ3) is 4.74. The second-order valence-corrected chi connectivity index (χ2v) is 6.83. The van der Waals surface area contributed by atoms with Gasteiger partial charge in [0, 0.05) is 44.0 Å². The molecule has 1 aromatic carbocycles. The van der Waals surface area contributed by atoms with Gasteiger partial charge in [-0.1, -0.05) is 0 Å². The predicted molar refractivity (Wildman–Crippen MR) is 109 cm³/mol. The van der Waals surface area contributed by atoms with Crippen LogP contribution in [0.15, 0.2) is 30.0 Å². The van der Waals surface area contributed by atoms with Crippen molar-refractivity contribution >= 4 is 35.0 Å². The Hall–Kier alpha value is -3.67. The van der Waals surface area contributed by atoms with Crippen LogP contribution >= 0.6 is 0 Å². The van der Waals surface area contributed by atoms with Gasteiger partial charge < -0.3 is 25.0 Å². The molecule has 0 radical (unpaired) electrons. The summed E-state index contributed by atoms with van der Waals surface area (Å²) in [4.78, 5) is 51.4. The number of nitro groups is 1. The fraction of sp³-hybridized carbons (Fsp3) is 0.421. The first kappa shape index (κ1) is 22.0. The number of nitrogens with one attached hydrogen (secondary N) is 1. The number of imide groups is 1. The Morgan fingerprint density at radius 1 is 1.26 bits per heavy atom. The molecule has 3 rings (SSSR count). The van der Waals surface area contributed by atoms with E-state index in [1.807, 2.05) is 4.90 Å². The van der Waals surface area contributed by atoms with E-state index in [0.717, 1.165) is 11.0 Å². The maximum atomic E-state index is 12.4. The molecule has 0 atom stereocenters. The quantitative estimate of drug-likeness (QED) is 0.357. The number of amides is 3. The lowest BCUT2D eigenvalue weighted by Gasteiger charge is -2.35. The highest BCUT2D eigenvalue weighted by Crippen LogP contribution is 2.32. The molecule has 166 valence electrons. The summed E-state index contributed by atoms with van der Waals surface area (Å²) in [5, 5.41) is 23.2. The second-order valence-electron chi connectivity index (χ2n) is 6.83. The first-order valence-corrected chi connectivity index (χ1v) is 9.76. The number of aliphatic hydroxyl groups excluding tert-OH is 1. The van der Waals surface area contributed by atoms with E-state index in [1.54, 1.807) is 17.9 Å². The lowest BCUT2D eigenvalue weighted by atomic mass is 10.2. The van der Waals surface area contributed by atoms with Crippen molar-refractivity contribution in [3.05, 3.63) is 40.1 Å². The number of hydrogen-bond acceptors (Lipinski definition) is 9. The van der Waals surface area contributed by atoms with Crippen LogP contribution in [-0.4, -0.2) is 83.7 Å². The molecule has 1 aromatic rings. The smallest absolute Gasteiger partial charge is 0.409 e. The third-order valence-electron chi connectivity index (χ3n) is 4.95. The largest absolute Gasteiger partial charge is 0.450 e. The molecule has 0 unspecified atom stereocenters. The summed E-state index contributed by atoms with van der Waals surface area (Å²) in [6.07, 6.45) is 0.670. The van der Waals surface area contributed by atoms with Crippen LogP contribution in [0.3, 0.4) is 0 Å². The molecular weight excluding hydrogens is 410 g/mol. The summed E-state index contributed by atoms with van der Waals surface area (Å²) in [5.41, 5.74) is 0.372. The molecule has 2 aliphatic heterocycles. The highest BCUT2D eigenvalue weighted by molar-refractivity contribution is 6.17. The summed E-state index contributed by atoms with van der Waals surface area (Å²) in [7, 11) is 0. The SMILES string of the molecule is CCOC(=O)N1CCN(c2ccc([N+](=O)[O-])c(NC3=CC(=O)N(CCO)C3=O)c2)CC1. The second kappa shape index (κ2) is 9.43. The maximum absolute atomic E-state index is 12.4. The van der Waals surface area contributed by atoms with E-state index < -0.39 is 16.7 Å². The van der Waals surface area contributed by atoms with Gasteiger partial charge in [-0.25, -0.2) is 4.79 Å². The molecule has 0 aromatic heterocycles. The van der Waals surface area contributed by atoms with Crippen LogP contribution in [0, 0.1) is 10.1 Å². The van der Waals surface area contributed by atoms with Crippen LogP contribution in [0.2, 0.25) is 0 Å². The highest BCUT2D eigenvalue weighted by Gasteiger charge is 2.32. The van der Waals surface area contributed by atoms with Crippen molar-refractivity contribution in [1.82, 2.24) is 9.80 Å². The summed E-state index contributed by atoms with van der Waals surface area (Å²) in [6.45, 7) is 3.36. The van der Waals surface area contributed by atoms with Crippen molar-refractivity contribution in [2.24, 2.45) is 0 Å². The van der Waals surface area contributed by atoms with Crippen molar-refractivity contribution in [2.45, 2.75) is 6.92 Å².